The first-order valence-corrected chi connectivity index (χ1v) is 10.6. The Morgan fingerprint density at radius 2 is 1.67 bits per heavy atom. The minimum Gasteiger partial charge on any atom is -0.463 e. The molecule has 0 aliphatic carbocycles. The van der Waals surface area contributed by atoms with Gasteiger partial charge in [-0.2, -0.15) is 0 Å². The molecule has 0 aliphatic rings. The van der Waals surface area contributed by atoms with E-state index in [0.29, 0.717) is 5.56 Å². The van der Waals surface area contributed by atoms with Gasteiger partial charge in [0.1, 0.15) is 18.3 Å². The lowest BCUT2D eigenvalue weighted by Gasteiger charge is -2.33. The van der Waals surface area contributed by atoms with Gasteiger partial charge in [-0.25, -0.2) is 4.79 Å². The molecule has 9 heteroatoms. The van der Waals surface area contributed by atoms with E-state index in [1.807, 2.05) is 30.3 Å². The maximum Gasteiger partial charge on any atom is 0.333 e. The Morgan fingerprint density at radius 1 is 1.00 bits per heavy atom. The summed E-state index contributed by atoms with van der Waals surface area (Å²) >= 11 is 0. The van der Waals surface area contributed by atoms with Gasteiger partial charge in [0, 0.05) is 12.0 Å². The molecule has 2 aromatic carbocycles. The normalized spacial score (nSPS) is 15.8. The number of rotatable bonds is 12. The van der Waals surface area contributed by atoms with Crippen LogP contribution in [0.3, 0.4) is 0 Å². The van der Waals surface area contributed by atoms with Crippen LogP contribution in [0.2, 0.25) is 0 Å². The third kappa shape index (κ3) is 7.08. The Kier molecular flexibility index (Phi) is 9.95. The van der Waals surface area contributed by atoms with Crippen molar-refractivity contribution in [2.45, 2.75) is 50.2 Å². The number of carbonyl (C=O) groups is 2. The van der Waals surface area contributed by atoms with E-state index in [4.69, 9.17) is 9.84 Å². The number of hydrogen-bond acceptors (Lipinski definition) is 8. The van der Waals surface area contributed by atoms with Crippen LogP contribution in [0.25, 0.3) is 10.8 Å². The van der Waals surface area contributed by atoms with Crippen molar-refractivity contribution in [3.8, 4) is 0 Å². The van der Waals surface area contributed by atoms with Crippen molar-refractivity contribution < 1.29 is 39.9 Å². The molecule has 0 bridgehead atoms. The first kappa shape index (κ1) is 26.4. The molecule has 0 aromatic heterocycles. The first-order valence-electron chi connectivity index (χ1n) is 10.6. The fraction of sp³-hybridized carbons (Fsp3) is 0.417. The molecule has 2 aromatic rings. The highest BCUT2D eigenvalue weighted by Gasteiger charge is 2.37. The quantitative estimate of drug-likeness (QED) is 0.188. The van der Waals surface area contributed by atoms with Crippen LogP contribution < -0.4 is 5.32 Å². The van der Waals surface area contributed by atoms with Gasteiger partial charge in [-0.15, -0.1) is 0 Å². The number of aliphatic hydroxyl groups is 5. The molecule has 0 radical (unpaired) electrons. The maximum absolute atomic E-state index is 12.8. The summed E-state index contributed by atoms with van der Waals surface area (Å²) in [6.07, 6.45) is -7.44. The first-order chi connectivity index (χ1) is 15.7. The predicted molar refractivity (Wildman–Crippen MR) is 121 cm³/mol. The molecule has 33 heavy (non-hydrogen) atoms. The number of carbonyl (C=O) groups excluding carboxylic acids is 2. The number of ether oxygens (including phenoxy) is 1. The molecular weight excluding hydrogens is 430 g/mol. The van der Waals surface area contributed by atoms with Gasteiger partial charge < -0.3 is 35.6 Å². The summed E-state index contributed by atoms with van der Waals surface area (Å²) in [5.74, 6) is -1.32. The SMILES string of the molecule is C=C(C[C@H](O)[C@@H](NC(=O)Cc1cccc2ccccc12)[C@@H](O)[C@H](O)[C@H](O)CO)C(=O)OCC. The Labute approximate surface area is 191 Å². The van der Waals surface area contributed by atoms with Crippen molar-refractivity contribution in [2.24, 2.45) is 0 Å². The summed E-state index contributed by atoms with van der Waals surface area (Å²) in [7, 11) is 0. The third-order valence-electron chi connectivity index (χ3n) is 5.29. The molecule has 9 nitrogen and oxygen atoms in total. The number of nitrogens with one attached hydrogen (secondary N) is 1. The highest BCUT2D eigenvalue weighted by Crippen LogP contribution is 2.20. The van der Waals surface area contributed by atoms with Crippen LogP contribution in [0.1, 0.15) is 18.9 Å². The molecule has 2 rings (SSSR count). The van der Waals surface area contributed by atoms with Gasteiger partial charge in [-0.3, -0.25) is 4.79 Å². The molecule has 0 unspecified atom stereocenters. The lowest BCUT2D eigenvalue weighted by atomic mass is 9.93. The molecule has 5 atom stereocenters. The van der Waals surface area contributed by atoms with Gasteiger partial charge in [0.05, 0.1) is 31.8 Å². The predicted octanol–water partition coefficient (Wildman–Crippen LogP) is -0.188. The summed E-state index contributed by atoms with van der Waals surface area (Å²) < 4.78 is 4.83. The van der Waals surface area contributed by atoms with Gasteiger partial charge in [0.25, 0.3) is 0 Å². The molecule has 180 valence electrons. The number of hydrogen-bond donors (Lipinski definition) is 6. The van der Waals surface area contributed by atoms with Crippen LogP contribution in [-0.4, -0.2) is 81.1 Å². The maximum atomic E-state index is 12.8. The highest BCUT2D eigenvalue weighted by molar-refractivity contribution is 5.90. The number of esters is 1. The lowest BCUT2D eigenvalue weighted by Crippen LogP contribution is -2.58. The summed E-state index contributed by atoms with van der Waals surface area (Å²) in [6.45, 7) is 4.41. The van der Waals surface area contributed by atoms with Crippen LogP contribution in [0, 0.1) is 0 Å². The number of aliphatic hydroxyl groups excluding tert-OH is 5. The zero-order chi connectivity index (χ0) is 24.5. The van der Waals surface area contributed by atoms with Crippen molar-refractivity contribution in [3.05, 3.63) is 60.2 Å². The van der Waals surface area contributed by atoms with Gasteiger partial charge in [0.15, 0.2) is 0 Å². The summed E-state index contributed by atoms with van der Waals surface area (Å²) in [4.78, 5) is 24.7. The molecule has 0 saturated heterocycles. The summed E-state index contributed by atoms with van der Waals surface area (Å²) in [5.41, 5.74) is 0.613. The number of benzene rings is 2. The Bertz CT molecular complexity index is 957. The van der Waals surface area contributed by atoms with Gasteiger partial charge >= 0.3 is 5.97 Å². The highest BCUT2D eigenvalue weighted by atomic mass is 16.5. The van der Waals surface area contributed by atoms with Crippen molar-refractivity contribution in [1.29, 1.82) is 0 Å². The van der Waals surface area contributed by atoms with Crippen molar-refractivity contribution in [3.63, 3.8) is 0 Å². The molecule has 0 spiro atoms. The van der Waals surface area contributed by atoms with Gasteiger partial charge in [0.2, 0.25) is 5.91 Å². The second-order valence-electron chi connectivity index (χ2n) is 7.73. The number of fused-ring (bicyclic) bond motifs is 1. The minimum atomic E-state index is -1.87. The molecule has 6 N–H and O–H groups in total. The van der Waals surface area contributed by atoms with E-state index >= 15 is 0 Å². The summed E-state index contributed by atoms with van der Waals surface area (Å²) in [6, 6.07) is 11.5. The van der Waals surface area contributed by atoms with Crippen molar-refractivity contribution in [2.75, 3.05) is 13.2 Å². The molecule has 0 fully saturated rings. The molecular formula is C24H31NO8. The largest absolute Gasteiger partial charge is 0.463 e. The van der Waals surface area contributed by atoms with Crippen LogP contribution in [-0.2, 0) is 20.7 Å². The van der Waals surface area contributed by atoms with Crippen LogP contribution in [0.4, 0.5) is 0 Å². The average molecular weight is 462 g/mol. The lowest BCUT2D eigenvalue weighted by molar-refractivity contribution is -0.139. The van der Waals surface area contributed by atoms with E-state index < -0.39 is 48.9 Å². The topological polar surface area (TPSA) is 157 Å². The second kappa shape index (κ2) is 12.4. The fourth-order valence-electron chi connectivity index (χ4n) is 3.51. The minimum absolute atomic E-state index is 0.0885. The Balaban J connectivity index is 2.22. The van der Waals surface area contributed by atoms with E-state index in [1.54, 1.807) is 19.1 Å². The second-order valence-corrected chi connectivity index (χ2v) is 7.73. The smallest absolute Gasteiger partial charge is 0.333 e. The van der Waals surface area contributed by atoms with Crippen LogP contribution in [0.15, 0.2) is 54.6 Å². The standard InChI is InChI=1S/C24H31NO8/c1-3-33-24(32)14(2)11-18(27)21(23(31)22(30)19(28)13-26)25-20(29)12-16-9-6-8-15-7-4-5-10-17(15)16/h4-10,18-19,21-23,26-28,30-31H,2-3,11-13H2,1H3,(H,25,29)/t18-,19+,21+,22+,23+/m0/s1. The van der Waals surface area contributed by atoms with E-state index in [0.717, 1.165) is 10.8 Å². The van der Waals surface area contributed by atoms with Crippen molar-refractivity contribution >= 4 is 22.6 Å². The van der Waals surface area contributed by atoms with Crippen LogP contribution >= 0.6 is 0 Å². The molecule has 0 heterocycles. The van der Waals surface area contributed by atoms with Crippen LogP contribution in [0.5, 0.6) is 0 Å². The Morgan fingerprint density at radius 3 is 2.33 bits per heavy atom. The van der Waals surface area contributed by atoms with Gasteiger partial charge in [-0.05, 0) is 23.3 Å². The zero-order valence-corrected chi connectivity index (χ0v) is 18.4. The van der Waals surface area contributed by atoms with Gasteiger partial charge in [-0.1, -0.05) is 49.0 Å². The summed E-state index contributed by atoms with van der Waals surface area (Å²) in [5, 5.41) is 54.4. The third-order valence-corrected chi connectivity index (χ3v) is 5.29. The fourth-order valence-corrected chi connectivity index (χ4v) is 3.51. The van der Waals surface area contributed by atoms with Crippen molar-refractivity contribution in [1.82, 2.24) is 5.32 Å². The number of amides is 1. The molecule has 0 aliphatic heterocycles. The zero-order valence-electron chi connectivity index (χ0n) is 18.4. The van der Waals surface area contributed by atoms with E-state index in [2.05, 4.69) is 11.9 Å². The van der Waals surface area contributed by atoms with E-state index in [9.17, 15) is 30.0 Å². The molecule has 0 saturated carbocycles. The molecule has 1 amide bonds. The van der Waals surface area contributed by atoms with E-state index in [1.165, 1.54) is 0 Å². The average Bonchev–Trinajstić information content (AvgIpc) is 2.81. The van der Waals surface area contributed by atoms with E-state index in [-0.39, 0.29) is 25.0 Å². The monoisotopic (exact) mass is 461 g/mol. The Hall–Kier alpha value is -2.82.